The summed E-state index contributed by atoms with van der Waals surface area (Å²) in [5.74, 6) is 0. The Labute approximate surface area is 196 Å². The number of rotatable bonds is 16. The fraction of sp³-hybridized carbons (Fsp3) is 0.600. The van der Waals surface area contributed by atoms with E-state index in [1.165, 1.54) is 114 Å². The standard InChI is InChI=1S/C30H44N2/c1-3-5-7-9-11-13-15-19-25-26(20-16-14-12-10-8-6-4-2)28-22-18-24-32-30(28)29-27(25)21-17-23-31-29/h17-18,21-24H,3-16,19-20H2,1-2H3. The molecule has 0 bridgehead atoms. The van der Waals surface area contributed by atoms with Crippen molar-refractivity contribution in [3.8, 4) is 0 Å². The van der Waals surface area contributed by atoms with Crippen molar-refractivity contribution in [2.45, 2.75) is 117 Å². The van der Waals surface area contributed by atoms with E-state index in [2.05, 4.69) is 38.1 Å². The number of nitrogens with zero attached hydrogens (tertiary/aromatic N) is 2. The van der Waals surface area contributed by atoms with Crippen LogP contribution in [0, 0.1) is 0 Å². The molecule has 0 spiro atoms. The first-order chi connectivity index (χ1) is 15.9. The number of unbranched alkanes of at least 4 members (excludes halogenated alkanes) is 12. The van der Waals surface area contributed by atoms with Gasteiger partial charge in [0.1, 0.15) is 0 Å². The Morgan fingerprint density at radius 3 is 1.28 bits per heavy atom. The van der Waals surface area contributed by atoms with Crippen LogP contribution in [0.15, 0.2) is 36.7 Å². The van der Waals surface area contributed by atoms with Crippen molar-refractivity contribution >= 4 is 21.8 Å². The quantitative estimate of drug-likeness (QED) is 0.166. The van der Waals surface area contributed by atoms with Crippen molar-refractivity contribution in [2.75, 3.05) is 0 Å². The smallest absolute Gasteiger partial charge is 0.0967 e. The van der Waals surface area contributed by atoms with E-state index < -0.39 is 0 Å². The minimum Gasteiger partial charge on any atom is -0.254 e. The zero-order valence-electron chi connectivity index (χ0n) is 20.7. The Balaban J connectivity index is 1.75. The summed E-state index contributed by atoms with van der Waals surface area (Å²) in [6, 6.07) is 8.76. The van der Waals surface area contributed by atoms with Crippen LogP contribution in [0.25, 0.3) is 21.8 Å². The Kier molecular flexibility index (Phi) is 11.0. The lowest BCUT2D eigenvalue weighted by molar-refractivity contribution is 0.584. The Hall–Kier alpha value is -1.96. The largest absolute Gasteiger partial charge is 0.254 e. The van der Waals surface area contributed by atoms with Crippen LogP contribution in [0.5, 0.6) is 0 Å². The van der Waals surface area contributed by atoms with Gasteiger partial charge in [-0.25, -0.2) is 0 Å². The van der Waals surface area contributed by atoms with Crippen LogP contribution in [0.2, 0.25) is 0 Å². The van der Waals surface area contributed by atoms with Crippen LogP contribution in [-0.4, -0.2) is 9.97 Å². The molecule has 3 rings (SSSR count). The molecule has 174 valence electrons. The van der Waals surface area contributed by atoms with Gasteiger partial charge in [0.2, 0.25) is 0 Å². The highest BCUT2D eigenvalue weighted by Crippen LogP contribution is 2.33. The molecule has 2 aromatic heterocycles. The molecule has 0 atom stereocenters. The first-order valence-corrected chi connectivity index (χ1v) is 13.5. The van der Waals surface area contributed by atoms with Crippen LogP contribution < -0.4 is 0 Å². The van der Waals surface area contributed by atoms with Crippen LogP contribution >= 0.6 is 0 Å². The van der Waals surface area contributed by atoms with E-state index in [9.17, 15) is 0 Å². The van der Waals surface area contributed by atoms with Gasteiger partial charge in [0.15, 0.2) is 0 Å². The molecule has 0 amide bonds. The SMILES string of the molecule is CCCCCCCCCc1c(CCCCCCCCC)c2cccnc2c2ncccc12. The lowest BCUT2D eigenvalue weighted by atomic mass is 9.89. The Bertz CT molecular complexity index is 854. The maximum atomic E-state index is 4.77. The summed E-state index contributed by atoms with van der Waals surface area (Å²) in [4.78, 5) is 9.53. The fourth-order valence-electron chi connectivity index (χ4n) is 5.09. The van der Waals surface area contributed by atoms with E-state index in [4.69, 9.17) is 9.97 Å². The molecule has 0 aliphatic heterocycles. The lowest BCUT2D eigenvalue weighted by Gasteiger charge is -2.17. The van der Waals surface area contributed by atoms with E-state index in [0.717, 1.165) is 11.0 Å². The molecule has 2 heterocycles. The maximum Gasteiger partial charge on any atom is 0.0967 e. The molecule has 0 unspecified atom stereocenters. The number of aromatic nitrogens is 2. The van der Waals surface area contributed by atoms with E-state index >= 15 is 0 Å². The zero-order chi connectivity index (χ0) is 22.4. The topological polar surface area (TPSA) is 25.8 Å². The van der Waals surface area contributed by atoms with E-state index in [1.54, 1.807) is 11.1 Å². The van der Waals surface area contributed by atoms with E-state index in [0.29, 0.717) is 0 Å². The number of hydrogen-bond donors (Lipinski definition) is 0. The van der Waals surface area contributed by atoms with Gasteiger partial charge in [-0.1, -0.05) is 103 Å². The van der Waals surface area contributed by atoms with Crippen LogP contribution in [0.1, 0.15) is 115 Å². The third-order valence-electron chi connectivity index (χ3n) is 6.91. The van der Waals surface area contributed by atoms with Gasteiger partial charge in [0, 0.05) is 23.2 Å². The second kappa shape index (κ2) is 14.2. The molecule has 0 saturated carbocycles. The summed E-state index contributed by atoms with van der Waals surface area (Å²) in [7, 11) is 0. The summed E-state index contributed by atoms with van der Waals surface area (Å²) >= 11 is 0. The van der Waals surface area contributed by atoms with Crippen LogP contribution in [0.4, 0.5) is 0 Å². The van der Waals surface area contributed by atoms with Gasteiger partial charge in [-0.3, -0.25) is 9.97 Å². The van der Waals surface area contributed by atoms with Crippen LogP contribution in [-0.2, 0) is 12.8 Å². The minimum atomic E-state index is 1.09. The summed E-state index contributed by atoms with van der Waals surface area (Å²) in [5.41, 5.74) is 5.27. The molecule has 0 saturated heterocycles. The number of hydrogen-bond acceptors (Lipinski definition) is 2. The minimum absolute atomic E-state index is 1.09. The number of aryl methyl sites for hydroxylation is 2. The summed E-state index contributed by atoms with van der Waals surface area (Å²) in [5, 5.41) is 2.67. The molecular formula is C30H44N2. The van der Waals surface area contributed by atoms with Gasteiger partial charge in [0.25, 0.3) is 0 Å². The molecule has 0 aliphatic rings. The number of benzene rings is 1. The molecule has 2 heteroatoms. The Morgan fingerprint density at radius 2 is 0.875 bits per heavy atom. The van der Waals surface area contributed by atoms with Crippen molar-refractivity contribution < 1.29 is 0 Å². The highest BCUT2D eigenvalue weighted by atomic mass is 14.7. The third-order valence-corrected chi connectivity index (χ3v) is 6.91. The van der Waals surface area contributed by atoms with E-state index in [-0.39, 0.29) is 0 Å². The van der Waals surface area contributed by atoms with E-state index in [1.807, 2.05) is 12.4 Å². The molecule has 0 radical (unpaired) electrons. The molecular weight excluding hydrogens is 388 g/mol. The molecule has 0 fully saturated rings. The van der Waals surface area contributed by atoms with Crippen molar-refractivity contribution in [1.82, 2.24) is 9.97 Å². The molecule has 1 aromatic carbocycles. The maximum absolute atomic E-state index is 4.77. The second-order valence-corrected chi connectivity index (χ2v) is 9.50. The summed E-state index contributed by atoms with van der Waals surface area (Å²) in [6.07, 6.45) is 25.2. The van der Waals surface area contributed by atoms with Crippen molar-refractivity contribution in [3.05, 3.63) is 47.8 Å². The molecule has 32 heavy (non-hydrogen) atoms. The Morgan fingerprint density at radius 1 is 0.500 bits per heavy atom. The van der Waals surface area contributed by atoms with Gasteiger partial charge in [-0.15, -0.1) is 0 Å². The molecule has 0 N–H and O–H groups in total. The summed E-state index contributed by atoms with van der Waals surface area (Å²) < 4.78 is 0. The van der Waals surface area contributed by atoms with Crippen LogP contribution in [0.3, 0.4) is 0 Å². The van der Waals surface area contributed by atoms with Gasteiger partial charge in [0.05, 0.1) is 11.0 Å². The van der Waals surface area contributed by atoms with Crippen molar-refractivity contribution in [1.29, 1.82) is 0 Å². The van der Waals surface area contributed by atoms with Crippen molar-refractivity contribution in [3.63, 3.8) is 0 Å². The lowest BCUT2D eigenvalue weighted by Crippen LogP contribution is -2.01. The average molecular weight is 433 g/mol. The number of pyridine rings is 2. The van der Waals surface area contributed by atoms with Gasteiger partial charge >= 0.3 is 0 Å². The van der Waals surface area contributed by atoms with Gasteiger partial charge < -0.3 is 0 Å². The molecule has 3 aromatic rings. The normalized spacial score (nSPS) is 11.6. The first kappa shape index (κ1) is 24.7. The molecule has 2 nitrogen and oxygen atoms in total. The summed E-state index contributed by atoms with van der Waals surface area (Å²) in [6.45, 7) is 4.58. The zero-order valence-corrected chi connectivity index (χ0v) is 20.7. The highest BCUT2D eigenvalue weighted by Gasteiger charge is 2.15. The highest BCUT2D eigenvalue weighted by molar-refractivity contribution is 6.06. The van der Waals surface area contributed by atoms with Crippen molar-refractivity contribution in [2.24, 2.45) is 0 Å². The number of fused-ring (bicyclic) bond motifs is 3. The monoisotopic (exact) mass is 432 g/mol. The first-order valence-electron chi connectivity index (χ1n) is 13.5. The average Bonchev–Trinajstić information content (AvgIpc) is 2.83. The van der Waals surface area contributed by atoms with Gasteiger partial charge in [-0.2, -0.15) is 0 Å². The predicted molar refractivity (Wildman–Crippen MR) is 140 cm³/mol. The second-order valence-electron chi connectivity index (χ2n) is 9.50. The fourth-order valence-corrected chi connectivity index (χ4v) is 5.09. The molecule has 0 aliphatic carbocycles. The predicted octanol–water partition coefficient (Wildman–Crippen LogP) is 9.37. The van der Waals surface area contributed by atoms with Gasteiger partial charge in [-0.05, 0) is 48.9 Å². The third kappa shape index (κ3) is 7.02.